The fourth-order valence-corrected chi connectivity index (χ4v) is 0.971. The first-order valence-electron chi connectivity index (χ1n) is 3.92. The van der Waals surface area contributed by atoms with E-state index in [0.717, 1.165) is 24.4 Å². The molecule has 0 aliphatic heterocycles. The molecule has 0 fully saturated rings. The molecule has 1 N–H and O–H groups in total. The van der Waals surface area contributed by atoms with Crippen molar-refractivity contribution in [3.63, 3.8) is 0 Å². The van der Waals surface area contributed by atoms with Crippen molar-refractivity contribution < 1.29 is 9.52 Å². The van der Waals surface area contributed by atoms with Crippen molar-refractivity contribution in [2.45, 2.75) is 32.8 Å². The minimum atomic E-state index is -0.236. The summed E-state index contributed by atoms with van der Waals surface area (Å²) >= 11 is 0. The van der Waals surface area contributed by atoms with E-state index in [1.165, 1.54) is 0 Å². The summed E-state index contributed by atoms with van der Waals surface area (Å²) in [6.45, 7) is 3.71. The normalized spacial score (nSPS) is 13.4. The fourth-order valence-electron chi connectivity index (χ4n) is 0.971. The maximum absolute atomic E-state index is 8.98. The topological polar surface area (TPSA) is 33.4 Å². The summed E-state index contributed by atoms with van der Waals surface area (Å²) < 4.78 is 5.32. The summed E-state index contributed by atoms with van der Waals surface area (Å²) in [6, 6.07) is 3.90. The van der Waals surface area contributed by atoms with Crippen LogP contribution in [0.25, 0.3) is 0 Å². The zero-order valence-electron chi connectivity index (χ0n) is 7.00. The summed E-state index contributed by atoms with van der Waals surface area (Å²) in [5.41, 5.74) is 0. The molecule has 0 amide bonds. The van der Waals surface area contributed by atoms with E-state index in [9.17, 15) is 0 Å². The highest BCUT2D eigenvalue weighted by Gasteiger charge is 2.00. The van der Waals surface area contributed by atoms with Crippen molar-refractivity contribution in [1.82, 2.24) is 0 Å². The van der Waals surface area contributed by atoms with Crippen molar-refractivity contribution in [3.05, 3.63) is 23.7 Å². The van der Waals surface area contributed by atoms with Crippen LogP contribution < -0.4 is 0 Å². The van der Waals surface area contributed by atoms with Crippen LogP contribution in [0.1, 0.15) is 24.9 Å². The van der Waals surface area contributed by atoms with Crippen LogP contribution in [0.15, 0.2) is 16.5 Å². The molecule has 1 atom stereocenters. The Morgan fingerprint density at radius 1 is 1.55 bits per heavy atom. The molecule has 2 heteroatoms. The van der Waals surface area contributed by atoms with E-state index in [0.29, 0.717) is 0 Å². The highest BCUT2D eigenvalue weighted by Crippen LogP contribution is 2.09. The highest BCUT2D eigenvalue weighted by molar-refractivity contribution is 5.05. The van der Waals surface area contributed by atoms with Gasteiger partial charge in [-0.05, 0) is 32.4 Å². The SMILES string of the molecule is Cc1ccc(CC[C@@H](C)O)o1. The molecule has 0 aliphatic carbocycles. The van der Waals surface area contributed by atoms with Crippen LogP contribution >= 0.6 is 0 Å². The van der Waals surface area contributed by atoms with Gasteiger partial charge >= 0.3 is 0 Å². The van der Waals surface area contributed by atoms with Gasteiger partial charge in [0.15, 0.2) is 0 Å². The van der Waals surface area contributed by atoms with Crippen LogP contribution in [0.3, 0.4) is 0 Å². The minimum Gasteiger partial charge on any atom is -0.466 e. The second kappa shape index (κ2) is 3.58. The van der Waals surface area contributed by atoms with E-state index in [-0.39, 0.29) is 6.10 Å². The number of furan rings is 1. The van der Waals surface area contributed by atoms with Gasteiger partial charge in [-0.2, -0.15) is 0 Å². The molecule has 1 aromatic rings. The number of aliphatic hydroxyl groups is 1. The van der Waals surface area contributed by atoms with Crippen LogP contribution in [-0.4, -0.2) is 11.2 Å². The lowest BCUT2D eigenvalue weighted by Crippen LogP contribution is -2.00. The molecule has 1 aromatic heterocycles. The minimum absolute atomic E-state index is 0.236. The summed E-state index contributed by atoms with van der Waals surface area (Å²) in [5.74, 6) is 1.90. The lowest BCUT2D eigenvalue weighted by molar-refractivity contribution is 0.182. The maximum atomic E-state index is 8.98. The van der Waals surface area contributed by atoms with E-state index in [2.05, 4.69) is 0 Å². The van der Waals surface area contributed by atoms with E-state index in [1.54, 1.807) is 6.92 Å². The van der Waals surface area contributed by atoms with Crippen LogP contribution in [0.4, 0.5) is 0 Å². The zero-order chi connectivity index (χ0) is 8.27. The predicted molar refractivity (Wildman–Crippen MR) is 43.4 cm³/mol. The predicted octanol–water partition coefficient (Wildman–Crippen LogP) is 1.90. The molecule has 62 valence electrons. The number of aliphatic hydroxyl groups excluding tert-OH is 1. The average Bonchev–Trinajstić information content (AvgIpc) is 2.31. The number of hydrogen-bond donors (Lipinski definition) is 1. The Bertz CT molecular complexity index is 213. The third-order valence-corrected chi connectivity index (χ3v) is 1.60. The quantitative estimate of drug-likeness (QED) is 0.721. The molecule has 11 heavy (non-hydrogen) atoms. The smallest absolute Gasteiger partial charge is 0.104 e. The monoisotopic (exact) mass is 154 g/mol. The van der Waals surface area contributed by atoms with Gasteiger partial charge < -0.3 is 9.52 Å². The van der Waals surface area contributed by atoms with Crippen molar-refractivity contribution in [2.75, 3.05) is 0 Å². The van der Waals surface area contributed by atoms with Crippen LogP contribution in [0.5, 0.6) is 0 Å². The molecule has 1 rings (SSSR count). The third kappa shape index (κ3) is 2.76. The van der Waals surface area contributed by atoms with Gasteiger partial charge in [0, 0.05) is 6.42 Å². The van der Waals surface area contributed by atoms with Gasteiger partial charge in [-0.3, -0.25) is 0 Å². The average molecular weight is 154 g/mol. The zero-order valence-corrected chi connectivity index (χ0v) is 7.00. The lowest BCUT2D eigenvalue weighted by atomic mass is 10.2. The Labute approximate surface area is 66.8 Å². The van der Waals surface area contributed by atoms with E-state index in [1.807, 2.05) is 19.1 Å². The molecule has 0 saturated carbocycles. The van der Waals surface area contributed by atoms with E-state index >= 15 is 0 Å². The molecule has 0 radical (unpaired) electrons. The first kappa shape index (κ1) is 8.34. The molecule has 0 unspecified atom stereocenters. The first-order valence-corrected chi connectivity index (χ1v) is 3.92. The second-order valence-corrected chi connectivity index (χ2v) is 2.90. The second-order valence-electron chi connectivity index (χ2n) is 2.90. The molecule has 2 nitrogen and oxygen atoms in total. The van der Waals surface area contributed by atoms with Crippen LogP contribution in [0, 0.1) is 6.92 Å². The summed E-state index contributed by atoms with van der Waals surface area (Å²) in [4.78, 5) is 0. The number of aryl methyl sites for hydroxylation is 2. The fraction of sp³-hybridized carbons (Fsp3) is 0.556. The highest BCUT2D eigenvalue weighted by atomic mass is 16.3. The molecule has 0 spiro atoms. The molecular formula is C9H14O2. The van der Waals surface area contributed by atoms with Gasteiger partial charge in [-0.15, -0.1) is 0 Å². The lowest BCUT2D eigenvalue weighted by Gasteiger charge is -1.99. The third-order valence-electron chi connectivity index (χ3n) is 1.60. The molecule has 1 heterocycles. The molecule has 0 bridgehead atoms. The molecular weight excluding hydrogens is 140 g/mol. The molecule has 0 aromatic carbocycles. The molecule has 0 aliphatic rings. The Morgan fingerprint density at radius 3 is 2.73 bits per heavy atom. The van der Waals surface area contributed by atoms with Crippen molar-refractivity contribution in [1.29, 1.82) is 0 Å². The Morgan fingerprint density at radius 2 is 2.27 bits per heavy atom. The standard InChI is InChI=1S/C9H14O2/c1-7(10)3-5-9-6-4-8(2)11-9/h4,6-7,10H,3,5H2,1-2H3/t7-/m1/s1. The van der Waals surface area contributed by atoms with Crippen molar-refractivity contribution in [3.8, 4) is 0 Å². The van der Waals surface area contributed by atoms with Gasteiger partial charge in [0.2, 0.25) is 0 Å². The van der Waals surface area contributed by atoms with Gasteiger partial charge in [-0.25, -0.2) is 0 Å². The van der Waals surface area contributed by atoms with Gasteiger partial charge in [-0.1, -0.05) is 0 Å². The Kier molecular flexibility index (Phi) is 2.71. The maximum Gasteiger partial charge on any atom is 0.104 e. The first-order chi connectivity index (χ1) is 5.18. The van der Waals surface area contributed by atoms with Gasteiger partial charge in [0.05, 0.1) is 6.10 Å². The number of hydrogen-bond acceptors (Lipinski definition) is 2. The van der Waals surface area contributed by atoms with Crippen LogP contribution in [0.2, 0.25) is 0 Å². The van der Waals surface area contributed by atoms with Gasteiger partial charge in [0.1, 0.15) is 11.5 Å². The van der Waals surface area contributed by atoms with Gasteiger partial charge in [0.25, 0.3) is 0 Å². The van der Waals surface area contributed by atoms with E-state index < -0.39 is 0 Å². The largest absolute Gasteiger partial charge is 0.466 e. The Hall–Kier alpha value is -0.760. The number of rotatable bonds is 3. The van der Waals surface area contributed by atoms with Crippen molar-refractivity contribution in [2.24, 2.45) is 0 Å². The summed E-state index contributed by atoms with van der Waals surface area (Å²) in [7, 11) is 0. The Balaban J connectivity index is 2.39. The van der Waals surface area contributed by atoms with Crippen LogP contribution in [-0.2, 0) is 6.42 Å². The summed E-state index contributed by atoms with van der Waals surface area (Å²) in [5, 5.41) is 8.98. The van der Waals surface area contributed by atoms with Crippen molar-refractivity contribution >= 4 is 0 Å². The van der Waals surface area contributed by atoms with E-state index in [4.69, 9.17) is 9.52 Å². The summed E-state index contributed by atoms with van der Waals surface area (Å²) in [6.07, 6.45) is 1.36. The molecule has 0 saturated heterocycles.